The molecule has 5 rings (SSSR count). The maximum atomic E-state index is 11.4. The SMILES string of the molecule is O=C(O)CCC(=Cc1cn(Cc2ccccc2)nc1-c1cccnc1)c1nc2ccccc2s1. The van der Waals surface area contributed by atoms with Crippen LogP contribution in [0.1, 0.15) is 29.0 Å². The van der Waals surface area contributed by atoms with E-state index in [4.69, 9.17) is 10.1 Å². The molecule has 0 unspecified atom stereocenters. The summed E-state index contributed by atoms with van der Waals surface area (Å²) in [6.07, 6.45) is 7.97. The number of carboxylic acids is 1. The number of aliphatic carboxylic acids is 1. The van der Waals surface area contributed by atoms with Crippen LogP contribution in [-0.2, 0) is 11.3 Å². The Hall–Kier alpha value is -4.10. The highest BCUT2D eigenvalue weighted by Crippen LogP contribution is 2.33. The van der Waals surface area contributed by atoms with Crippen molar-refractivity contribution in [3.05, 3.63) is 101 Å². The van der Waals surface area contributed by atoms with E-state index in [0.29, 0.717) is 13.0 Å². The maximum absolute atomic E-state index is 11.4. The van der Waals surface area contributed by atoms with E-state index in [9.17, 15) is 9.90 Å². The minimum absolute atomic E-state index is 0.0299. The normalized spacial score (nSPS) is 11.7. The Balaban J connectivity index is 1.60. The van der Waals surface area contributed by atoms with E-state index in [1.165, 1.54) is 0 Å². The number of aromatic nitrogens is 4. The summed E-state index contributed by atoms with van der Waals surface area (Å²) in [5.74, 6) is -0.834. The van der Waals surface area contributed by atoms with Crippen molar-refractivity contribution in [2.45, 2.75) is 19.4 Å². The van der Waals surface area contributed by atoms with Crippen LogP contribution in [0.15, 0.2) is 85.3 Å². The molecule has 0 aliphatic rings. The molecule has 168 valence electrons. The van der Waals surface area contributed by atoms with Gasteiger partial charge in [0, 0.05) is 36.1 Å². The highest BCUT2D eigenvalue weighted by molar-refractivity contribution is 7.19. The Morgan fingerprint density at radius 1 is 1.00 bits per heavy atom. The summed E-state index contributed by atoms with van der Waals surface area (Å²) >= 11 is 1.58. The molecule has 0 aliphatic heterocycles. The van der Waals surface area contributed by atoms with Crippen LogP contribution >= 0.6 is 11.3 Å². The number of fused-ring (bicyclic) bond motifs is 1. The molecular weight excluding hydrogens is 444 g/mol. The lowest BCUT2D eigenvalue weighted by atomic mass is 10.0. The van der Waals surface area contributed by atoms with E-state index in [-0.39, 0.29) is 6.42 Å². The van der Waals surface area contributed by atoms with Crippen molar-refractivity contribution in [3.63, 3.8) is 0 Å². The van der Waals surface area contributed by atoms with Crippen LogP contribution in [0.4, 0.5) is 0 Å². The third-order valence-electron chi connectivity index (χ3n) is 5.42. The average molecular weight is 467 g/mol. The molecule has 0 saturated heterocycles. The molecule has 0 amide bonds. The van der Waals surface area contributed by atoms with E-state index in [1.54, 1.807) is 23.7 Å². The molecule has 0 atom stereocenters. The van der Waals surface area contributed by atoms with Crippen molar-refractivity contribution in [2.75, 3.05) is 0 Å². The molecule has 7 heteroatoms. The van der Waals surface area contributed by atoms with Crippen LogP contribution in [-0.4, -0.2) is 30.8 Å². The number of allylic oxidation sites excluding steroid dienone is 1. The third-order valence-corrected chi connectivity index (χ3v) is 6.53. The summed E-state index contributed by atoms with van der Waals surface area (Å²) in [5, 5.41) is 15.0. The Bertz CT molecular complexity index is 1420. The summed E-state index contributed by atoms with van der Waals surface area (Å²) in [5.41, 5.74) is 5.56. The third kappa shape index (κ3) is 4.94. The molecule has 0 bridgehead atoms. The van der Waals surface area contributed by atoms with Crippen LogP contribution in [0.5, 0.6) is 0 Å². The molecule has 0 spiro atoms. The molecule has 1 N–H and O–H groups in total. The number of hydrogen-bond acceptors (Lipinski definition) is 5. The van der Waals surface area contributed by atoms with Crippen molar-refractivity contribution < 1.29 is 9.90 Å². The second-order valence-electron chi connectivity index (χ2n) is 7.91. The smallest absolute Gasteiger partial charge is 0.303 e. The zero-order valence-electron chi connectivity index (χ0n) is 18.3. The van der Waals surface area contributed by atoms with Gasteiger partial charge >= 0.3 is 5.97 Å². The largest absolute Gasteiger partial charge is 0.481 e. The number of thiazole rings is 1. The van der Waals surface area contributed by atoms with E-state index < -0.39 is 5.97 Å². The molecule has 0 saturated carbocycles. The first-order valence-electron chi connectivity index (χ1n) is 11.0. The number of nitrogens with zero attached hydrogens (tertiary/aromatic N) is 4. The number of rotatable bonds is 8. The lowest BCUT2D eigenvalue weighted by Crippen LogP contribution is -2.00. The van der Waals surface area contributed by atoms with Gasteiger partial charge in [-0.1, -0.05) is 42.5 Å². The number of carbonyl (C=O) groups is 1. The van der Waals surface area contributed by atoms with Crippen molar-refractivity contribution in [1.29, 1.82) is 0 Å². The first kappa shape index (κ1) is 21.7. The van der Waals surface area contributed by atoms with E-state index in [2.05, 4.69) is 17.1 Å². The van der Waals surface area contributed by atoms with Crippen LogP contribution in [0, 0.1) is 0 Å². The standard InChI is InChI=1S/C27H22N4O2S/c32-25(33)13-12-20(27-29-23-10-4-5-11-24(23)34-27)15-22-18-31(17-19-7-2-1-3-8-19)30-26(22)21-9-6-14-28-16-21/h1-11,14-16,18H,12-13,17H2,(H,32,33). The molecule has 0 aliphatic carbocycles. The minimum Gasteiger partial charge on any atom is -0.481 e. The number of carboxylic acid groups (broad SMARTS) is 1. The topological polar surface area (TPSA) is 80.9 Å². The van der Waals surface area contributed by atoms with Crippen LogP contribution in [0.25, 0.3) is 33.1 Å². The number of benzene rings is 2. The molecule has 2 aromatic carbocycles. The summed E-state index contributed by atoms with van der Waals surface area (Å²) in [6, 6.07) is 22.0. The second kappa shape index (κ2) is 9.80. The number of para-hydroxylation sites is 1. The van der Waals surface area contributed by atoms with Gasteiger partial charge in [-0.05, 0) is 47.9 Å². The van der Waals surface area contributed by atoms with Crippen LogP contribution in [0.2, 0.25) is 0 Å². The van der Waals surface area contributed by atoms with Gasteiger partial charge in [-0.3, -0.25) is 14.5 Å². The highest BCUT2D eigenvalue weighted by atomic mass is 32.1. The van der Waals surface area contributed by atoms with Gasteiger partial charge in [0.15, 0.2) is 0 Å². The molecule has 0 radical (unpaired) electrons. The first-order valence-corrected chi connectivity index (χ1v) is 11.8. The van der Waals surface area contributed by atoms with Crippen molar-refractivity contribution >= 4 is 39.2 Å². The lowest BCUT2D eigenvalue weighted by Gasteiger charge is -2.04. The quantitative estimate of drug-likeness (QED) is 0.303. The predicted octanol–water partition coefficient (Wildman–Crippen LogP) is 6.01. The average Bonchev–Trinajstić information content (AvgIpc) is 3.46. The Morgan fingerprint density at radius 2 is 1.82 bits per heavy atom. The van der Waals surface area contributed by atoms with Gasteiger partial charge in [-0.25, -0.2) is 4.98 Å². The van der Waals surface area contributed by atoms with Gasteiger partial charge in [-0.2, -0.15) is 5.10 Å². The first-order chi connectivity index (χ1) is 16.7. The van der Waals surface area contributed by atoms with Gasteiger partial charge in [0.25, 0.3) is 0 Å². The molecule has 3 heterocycles. The van der Waals surface area contributed by atoms with Crippen molar-refractivity contribution in [1.82, 2.24) is 19.7 Å². The van der Waals surface area contributed by atoms with Crippen LogP contribution in [0.3, 0.4) is 0 Å². The zero-order valence-corrected chi connectivity index (χ0v) is 19.2. The highest BCUT2D eigenvalue weighted by Gasteiger charge is 2.15. The number of hydrogen-bond donors (Lipinski definition) is 1. The van der Waals surface area contributed by atoms with Gasteiger partial charge in [0.05, 0.1) is 16.8 Å². The fourth-order valence-corrected chi connectivity index (χ4v) is 4.81. The zero-order chi connectivity index (χ0) is 23.3. The summed E-state index contributed by atoms with van der Waals surface area (Å²) < 4.78 is 2.99. The Labute approximate surface area is 200 Å². The van der Waals surface area contributed by atoms with Crippen molar-refractivity contribution in [3.8, 4) is 11.3 Å². The monoisotopic (exact) mass is 466 g/mol. The molecule has 6 nitrogen and oxygen atoms in total. The summed E-state index contributed by atoms with van der Waals surface area (Å²) in [7, 11) is 0. The summed E-state index contributed by atoms with van der Waals surface area (Å²) in [4.78, 5) is 20.4. The van der Waals surface area contributed by atoms with E-state index >= 15 is 0 Å². The maximum Gasteiger partial charge on any atom is 0.303 e. The molecule has 3 aromatic heterocycles. The molecular formula is C27H22N4O2S. The Morgan fingerprint density at radius 3 is 2.59 bits per heavy atom. The van der Waals surface area contributed by atoms with Gasteiger partial charge < -0.3 is 5.11 Å². The van der Waals surface area contributed by atoms with Crippen LogP contribution < -0.4 is 0 Å². The van der Waals surface area contributed by atoms with Crippen molar-refractivity contribution in [2.24, 2.45) is 0 Å². The second-order valence-corrected chi connectivity index (χ2v) is 8.94. The van der Waals surface area contributed by atoms with Gasteiger partial charge in [-0.15, -0.1) is 11.3 Å². The van der Waals surface area contributed by atoms with Gasteiger partial charge in [0.1, 0.15) is 10.7 Å². The lowest BCUT2D eigenvalue weighted by molar-refractivity contribution is -0.136. The molecule has 5 aromatic rings. The fourth-order valence-electron chi connectivity index (χ4n) is 3.80. The molecule has 0 fully saturated rings. The number of pyridine rings is 1. The van der Waals surface area contributed by atoms with E-state index in [1.807, 2.05) is 71.6 Å². The molecule has 34 heavy (non-hydrogen) atoms. The predicted molar refractivity (Wildman–Crippen MR) is 135 cm³/mol. The fraction of sp³-hybridized carbons (Fsp3) is 0.111. The van der Waals surface area contributed by atoms with Gasteiger partial charge in [0.2, 0.25) is 0 Å². The Kier molecular flexibility index (Phi) is 6.27. The summed E-state index contributed by atoms with van der Waals surface area (Å²) in [6.45, 7) is 0.632. The van der Waals surface area contributed by atoms with E-state index in [0.717, 1.165) is 43.2 Å². The minimum atomic E-state index is -0.834.